The lowest BCUT2D eigenvalue weighted by molar-refractivity contribution is -0.116. The smallest absolute Gasteiger partial charge is 0.278 e. The Kier molecular flexibility index (Phi) is 5.49. The van der Waals surface area contributed by atoms with Crippen LogP contribution in [-0.4, -0.2) is 37.2 Å². The van der Waals surface area contributed by atoms with Crippen LogP contribution in [0.25, 0.3) is 5.70 Å². The summed E-state index contributed by atoms with van der Waals surface area (Å²) in [5, 5.41) is 5.92. The Balaban J connectivity index is 1.87. The van der Waals surface area contributed by atoms with Crippen LogP contribution in [0.1, 0.15) is 16.7 Å². The van der Waals surface area contributed by atoms with Crippen LogP contribution in [0.3, 0.4) is 0 Å². The molecule has 144 valence electrons. The van der Waals surface area contributed by atoms with E-state index in [1.165, 1.54) is 5.56 Å². The van der Waals surface area contributed by atoms with Gasteiger partial charge in [0.25, 0.3) is 5.91 Å². The molecule has 1 aliphatic heterocycles. The molecule has 6 heteroatoms. The molecule has 2 aromatic carbocycles. The average molecular weight is 375 g/mol. The molecule has 0 unspecified atom stereocenters. The van der Waals surface area contributed by atoms with Gasteiger partial charge in [0.1, 0.15) is 5.82 Å². The first-order valence-corrected chi connectivity index (χ1v) is 9.03. The van der Waals surface area contributed by atoms with Gasteiger partial charge in [-0.1, -0.05) is 54.6 Å². The molecule has 1 heterocycles. The molecule has 28 heavy (non-hydrogen) atoms. The van der Waals surface area contributed by atoms with Gasteiger partial charge in [-0.25, -0.2) is 4.99 Å². The Morgan fingerprint density at radius 3 is 2.54 bits per heavy atom. The quantitative estimate of drug-likeness (QED) is 0.750. The number of nitrogens with zero attached hydrogens (tertiary/aromatic N) is 2. The number of aryl methyl sites for hydroxylation is 1. The van der Waals surface area contributed by atoms with Crippen molar-refractivity contribution < 1.29 is 4.79 Å². The molecule has 0 aliphatic carbocycles. The minimum Gasteiger partial charge on any atom is -0.388 e. The van der Waals surface area contributed by atoms with E-state index in [1.54, 1.807) is 0 Å². The van der Waals surface area contributed by atoms with Crippen molar-refractivity contribution in [1.29, 1.82) is 0 Å². The number of hydrogen-bond acceptors (Lipinski definition) is 5. The zero-order valence-corrected chi connectivity index (χ0v) is 16.4. The Hall–Kier alpha value is -3.54. The number of rotatable bonds is 5. The van der Waals surface area contributed by atoms with Crippen LogP contribution in [-0.2, 0) is 4.79 Å². The predicted octanol–water partition coefficient (Wildman–Crippen LogP) is 2.69. The number of amides is 1. The monoisotopic (exact) mass is 375 g/mol. The van der Waals surface area contributed by atoms with Gasteiger partial charge < -0.3 is 21.3 Å². The molecule has 0 radical (unpaired) electrons. The molecule has 3 rings (SSSR count). The maximum atomic E-state index is 12.9. The van der Waals surface area contributed by atoms with E-state index in [4.69, 9.17) is 5.73 Å². The number of nitrogens with two attached hydrogens (primary N) is 1. The first kappa shape index (κ1) is 19.2. The minimum atomic E-state index is -0.385. The van der Waals surface area contributed by atoms with Crippen molar-refractivity contribution in [2.75, 3.05) is 26.0 Å². The SMILES string of the molecule is C=C(NC(=O)C1=C(N)N(C)CC(c2ccc(C)cc2)=N1)c1ccccc1NC. The number of anilines is 1. The van der Waals surface area contributed by atoms with Crippen molar-refractivity contribution in [3.8, 4) is 0 Å². The first-order chi connectivity index (χ1) is 13.4. The fourth-order valence-electron chi connectivity index (χ4n) is 3.01. The summed E-state index contributed by atoms with van der Waals surface area (Å²) in [5.74, 6) is -0.0485. The summed E-state index contributed by atoms with van der Waals surface area (Å²) in [5.41, 5.74) is 11.4. The zero-order valence-electron chi connectivity index (χ0n) is 16.4. The Morgan fingerprint density at radius 2 is 1.86 bits per heavy atom. The van der Waals surface area contributed by atoms with Crippen molar-refractivity contribution in [2.45, 2.75) is 6.92 Å². The first-order valence-electron chi connectivity index (χ1n) is 9.03. The molecule has 4 N–H and O–H groups in total. The van der Waals surface area contributed by atoms with Crippen LogP contribution in [0.15, 0.2) is 71.6 Å². The number of carbonyl (C=O) groups is 1. The van der Waals surface area contributed by atoms with Crippen LogP contribution in [0.2, 0.25) is 0 Å². The van der Waals surface area contributed by atoms with Crippen molar-refractivity contribution in [3.63, 3.8) is 0 Å². The molecule has 0 spiro atoms. The second kappa shape index (κ2) is 8.00. The van der Waals surface area contributed by atoms with E-state index in [-0.39, 0.29) is 11.6 Å². The fourth-order valence-corrected chi connectivity index (χ4v) is 3.01. The minimum absolute atomic E-state index is 0.187. The van der Waals surface area contributed by atoms with Gasteiger partial charge in [-0.15, -0.1) is 0 Å². The van der Waals surface area contributed by atoms with Gasteiger partial charge in [0.05, 0.1) is 12.3 Å². The number of benzene rings is 2. The molecule has 0 aromatic heterocycles. The van der Waals surface area contributed by atoms with Crippen LogP contribution >= 0.6 is 0 Å². The van der Waals surface area contributed by atoms with E-state index in [1.807, 2.05) is 74.4 Å². The molecule has 0 atom stereocenters. The molecule has 1 amide bonds. The third-order valence-corrected chi connectivity index (χ3v) is 4.67. The summed E-state index contributed by atoms with van der Waals surface area (Å²) in [6.45, 7) is 6.57. The van der Waals surface area contributed by atoms with E-state index in [2.05, 4.69) is 22.2 Å². The van der Waals surface area contributed by atoms with Crippen LogP contribution < -0.4 is 16.4 Å². The lowest BCUT2D eigenvalue weighted by Crippen LogP contribution is -2.38. The Bertz CT molecular complexity index is 973. The molecule has 6 nitrogen and oxygen atoms in total. The van der Waals surface area contributed by atoms with Crippen molar-refractivity contribution in [3.05, 3.63) is 83.3 Å². The highest BCUT2D eigenvalue weighted by atomic mass is 16.2. The number of hydrogen-bond donors (Lipinski definition) is 3. The van der Waals surface area contributed by atoms with Gasteiger partial charge in [0, 0.05) is 31.0 Å². The molecule has 2 aromatic rings. The Labute approximate surface area is 165 Å². The number of carbonyl (C=O) groups excluding carboxylic acids is 1. The van der Waals surface area contributed by atoms with Gasteiger partial charge in [-0.3, -0.25) is 4.79 Å². The average Bonchev–Trinajstić information content (AvgIpc) is 2.70. The van der Waals surface area contributed by atoms with Gasteiger partial charge >= 0.3 is 0 Å². The summed E-state index contributed by atoms with van der Waals surface area (Å²) in [7, 11) is 3.67. The van der Waals surface area contributed by atoms with E-state index < -0.39 is 0 Å². The van der Waals surface area contributed by atoms with Crippen LogP contribution in [0.4, 0.5) is 5.69 Å². The van der Waals surface area contributed by atoms with E-state index in [9.17, 15) is 4.79 Å². The standard InChI is InChI=1S/C22H25N5O/c1-14-9-11-16(12-10-14)19-13-27(4)21(23)20(26-19)22(28)25-15(2)17-7-5-6-8-18(17)24-3/h5-12,24H,2,13,23H2,1,3-4H3,(H,25,28). The lowest BCUT2D eigenvalue weighted by atomic mass is 10.1. The molecule has 0 bridgehead atoms. The molecule has 0 fully saturated rings. The maximum absolute atomic E-state index is 12.9. The van der Waals surface area contributed by atoms with Crippen LogP contribution in [0.5, 0.6) is 0 Å². The summed E-state index contributed by atoms with van der Waals surface area (Å²) < 4.78 is 0. The topological polar surface area (TPSA) is 82.8 Å². The second-order valence-electron chi connectivity index (χ2n) is 6.74. The highest BCUT2D eigenvalue weighted by Gasteiger charge is 2.24. The summed E-state index contributed by atoms with van der Waals surface area (Å²) >= 11 is 0. The summed E-state index contributed by atoms with van der Waals surface area (Å²) in [4.78, 5) is 19.3. The summed E-state index contributed by atoms with van der Waals surface area (Å²) in [6.07, 6.45) is 0. The Morgan fingerprint density at radius 1 is 1.18 bits per heavy atom. The van der Waals surface area contributed by atoms with Crippen molar-refractivity contribution in [1.82, 2.24) is 10.2 Å². The van der Waals surface area contributed by atoms with E-state index in [0.29, 0.717) is 18.1 Å². The third kappa shape index (κ3) is 3.91. The number of likely N-dealkylation sites (N-methyl/N-ethyl adjacent to an activating group) is 1. The second-order valence-corrected chi connectivity index (χ2v) is 6.74. The number of para-hydroxylation sites is 1. The highest BCUT2D eigenvalue weighted by Crippen LogP contribution is 2.22. The molecule has 0 saturated heterocycles. The van der Waals surface area contributed by atoms with Crippen molar-refractivity contribution in [2.24, 2.45) is 10.7 Å². The largest absolute Gasteiger partial charge is 0.388 e. The third-order valence-electron chi connectivity index (χ3n) is 4.67. The maximum Gasteiger partial charge on any atom is 0.278 e. The normalized spacial score (nSPS) is 13.8. The summed E-state index contributed by atoms with van der Waals surface area (Å²) in [6, 6.07) is 15.7. The number of aliphatic imine (C=N–C) groups is 1. The van der Waals surface area contributed by atoms with Gasteiger partial charge in [-0.2, -0.15) is 0 Å². The molecule has 1 aliphatic rings. The van der Waals surface area contributed by atoms with Crippen molar-refractivity contribution >= 4 is 23.0 Å². The predicted molar refractivity (Wildman–Crippen MR) is 115 cm³/mol. The zero-order chi connectivity index (χ0) is 20.3. The lowest BCUT2D eigenvalue weighted by Gasteiger charge is -2.27. The van der Waals surface area contributed by atoms with Gasteiger partial charge in [0.2, 0.25) is 0 Å². The van der Waals surface area contributed by atoms with Gasteiger partial charge in [-0.05, 0) is 18.6 Å². The molecular weight excluding hydrogens is 350 g/mol. The fraction of sp³-hybridized carbons (Fsp3) is 0.182. The van der Waals surface area contributed by atoms with Gasteiger partial charge in [0.15, 0.2) is 5.70 Å². The van der Waals surface area contributed by atoms with Crippen LogP contribution in [0, 0.1) is 6.92 Å². The van der Waals surface area contributed by atoms with E-state index in [0.717, 1.165) is 22.5 Å². The molecular formula is C22H25N5O. The number of nitrogens with one attached hydrogen (secondary N) is 2. The highest BCUT2D eigenvalue weighted by molar-refractivity contribution is 6.08. The molecule has 0 saturated carbocycles. The van der Waals surface area contributed by atoms with E-state index >= 15 is 0 Å².